The second kappa shape index (κ2) is 8.83. The number of carbonyl (C=O) groups is 2. The van der Waals surface area contributed by atoms with Gasteiger partial charge in [0.05, 0.1) is 0 Å². The van der Waals surface area contributed by atoms with Crippen molar-refractivity contribution in [2.24, 2.45) is 11.8 Å². The van der Waals surface area contributed by atoms with Gasteiger partial charge in [-0.05, 0) is 30.4 Å². The van der Waals surface area contributed by atoms with Crippen LogP contribution in [-0.4, -0.2) is 41.3 Å². The first-order valence-electron chi connectivity index (χ1n) is 8.33. The number of piperidine rings is 1. The highest BCUT2D eigenvalue weighted by Gasteiger charge is 2.32. The summed E-state index contributed by atoms with van der Waals surface area (Å²) in [4.78, 5) is 30.3. The molecule has 0 bridgehead atoms. The molecule has 2 rings (SSSR count). The maximum absolute atomic E-state index is 12.6. The van der Waals surface area contributed by atoms with Crippen LogP contribution in [0.3, 0.4) is 0 Å². The zero-order chi connectivity index (χ0) is 17.5. The summed E-state index contributed by atoms with van der Waals surface area (Å²) >= 11 is 5.87. The number of hydrogen-bond donors (Lipinski definition) is 1. The molecule has 0 spiro atoms. The molecule has 5 nitrogen and oxygen atoms in total. The molecular weight excluding hydrogens is 326 g/mol. The van der Waals surface area contributed by atoms with Crippen molar-refractivity contribution in [3.63, 3.8) is 0 Å². The van der Waals surface area contributed by atoms with E-state index in [1.807, 2.05) is 4.90 Å². The van der Waals surface area contributed by atoms with Crippen LogP contribution >= 0.6 is 11.6 Å². The summed E-state index contributed by atoms with van der Waals surface area (Å²) in [5.41, 5.74) is 0.562. The third kappa shape index (κ3) is 4.81. The first-order valence-corrected chi connectivity index (χ1v) is 8.71. The molecule has 0 aliphatic carbocycles. The summed E-state index contributed by atoms with van der Waals surface area (Å²) in [6.45, 7) is 7.54. The largest absolute Gasteiger partial charge is 0.353 e. The molecule has 2 heterocycles. The molecule has 0 radical (unpaired) electrons. The second-order valence-corrected chi connectivity index (χ2v) is 6.52. The van der Waals surface area contributed by atoms with E-state index >= 15 is 0 Å². The predicted octanol–water partition coefficient (Wildman–Crippen LogP) is 2.92. The molecule has 2 amide bonds. The number of hydrogen-bond acceptors (Lipinski definition) is 3. The topological polar surface area (TPSA) is 62.3 Å². The standard InChI is InChI=1S/C18H24ClN3O2/c1-3-7-21-17(23)11-14-6-9-22(12-13(14)4-2)18(24)15-5-8-20-16(19)10-15/h3,5,8,10,13-14H,1,4,6-7,9,11-12H2,2H3,(H,21,23)/t13-,14+/m1/s1. The van der Waals surface area contributed by atoms with Gasteiger partial charge in [-0.25, -0.2) is 4.98 Å². The highest BCUT2D eigenvalue weighted by atomic mass is 35.5. The van der Waals surface area contributed by atoms with Gasteiger partial charge in [-0.2, -0.15) is 0 Å². The Labute approximate surface area is 148 Å². The Morgan fingerprint density at radius 1 is 1.50 bits per heavy atom. The monoisotopic (exact) mass is 349 g/mol. The lowest BCUT2D eigenvalue weighted by molar-refractivity contribution is -0.122. The van der Waals surface area contributed by atoms with Crippen LogP contribution in [-0.2, 0) is 4.79 Å². The fourth-order valence-electron chi connectivity index (χ4n) is 3.21. The molecule has 0 saturated carbocycles. The first-order chi connectivity index (χ1) is 11.5. The Kier molecular flexibility index (Phi) is 6.79. The minimum absolute atomic E-state index is 0.0210. The summed E-state index contributed by atoms with van der Waals surface area (Å²) < 4.78 is 0. The molecule has 1 saturated heterocycles. The van der Waals surface area contributed by atoms with Gasteiger partial charge in [0.2, 0.25) is 5.91 Å². The fourth-order valence-corrected chi connectivity index (χ4v) is 3.38. The SMILES string of the molecule is C=CCNC(=O)C[C@@H]1CCN(C(=O)c2ccnc(Cl)c2)C[C@H]1CC. The van der Waals surface area contributed by atoms with Crippen molar-refractivity contribution >= 4 is 23.4 Å². The molecule has 1 aliphatic heterocycles. The molecule has 1 aromatic heterocycles. The van der Waals surface area contributed by atoms with Crippen LogP contribution in [0, 0.1) is 11.8 Å². The van der Waals surface area contributed by atoms with E-state index in [1.165, 1.54) is 0 Å². The normalized spacial score (nSPS) is 20.5. The number of nitrogens with zero attached hydrogens (tertiary/aromatic N) is 2. The smallest absolute Gasteiger partial charge is 0.254 e. The zero-order valence-corrected chi connectivity index (χ0v) is 14.8. The Hall–Kier alpha value is -1.88. The minimum atomic E-state index is -0.0210. The van der Waals surface area contributed by atoms with Crippen LogP contribution < -0.4 is 5.32 Å². The Morgan fingerprint density at radius 3 is 2.96 bits per heavy atom. The minimum Gasteiger partial charge on any atom is -0.353 e. The quantitative estimate of drug-likeness (QED) is 0.634. The van der Waals surface area contributed by atoms with E-state index in [0.29, 0.717) is 48.6 Å². The van der Waals surface area contributed by atoms with Crippen molar-refractivity contribution in [2.45, 2.75) is 26.2 Å². The maximum atomic E-state index is 12.6. The number of aromatic nitrogens is 1. The van der Waals surface area contributed by atoms with Crippen LogP contribution in [0.1, 0.15) is 36.5 Å². The number of likely N-dealkylation sites (tertiary alicyclic amines) is 1. The number of nitrogens with one attached hydrogen (secondary N) is 1. The van der Waals surface area contributed by atoms with Crippen molar-refractivity contribution in [1.82, 2.24) is 15.2 Å². The van der Waals surface area contributed by atoms with E-state index in [1.54, 1.807) is 24.4 Å². The van der Waals surface area contributed by atoms with Gasteiger partial charge < -0.3 is 10.2 Å². The summed E-state index contributed by atoms with van der Waals surface area (Å²) in [7, 11) is 0. The number of rotatable bonds is 6. The van der Waals surface area contributed by atoms with E-state index in [0.717, 1.165) is 12.8 Å². The van der Waals surface area contributed by atoms with Crippen molar-refractivity contribution in [2.75, 3.05) is 19.6 Å². The molecule has 1 fully saturated rings. The molecule has 0 aromatic carbocycles. The highest BCUT2D eigenvalue weighted by Crippen LogP contribution is 2.29. The van der Waals surface area contributed by atoms with Crippen molar-refractivity contribution in [3.8, 4) is 0 Å². The maximum Gasteiger partial charge on any atom is 0.254 e. The summed E-state index contributed by atoms with van der Waals surface area (Å²) in [6, 6.07) is 3.28. The van der Waals surface area contributed by atoms with Gasteiger partial charge in [-0.15, -0.1) is 6.58 Å². The lowest BCUT2D eigenvalue weighted by Crippen LogP contribution is -2.44. The van der Waals surface area contributed by atoms with Gasteiger partial charge in [-0.1, -0.05) is 31.0 Å². The molecule has 1 aromatic rings. The number of pyridine rings is 1. The van der Waals surface area contributed by atoms with Gasteiger partial charge >= 0.3 is 0 Å². The Morgan fingerprint density at radius 2 is 2.29 bits per heavy atom. The zero-order valence-electron chi connectivity index (χ0n) is 14.0. The average molecular weight is 350 g/mol. The van der Waals surface area contributed by atoms with Crippen LogP contribution in [0.15, 0.2) is 31.0 Å². The number of carbonyl (C=O) groups excluding carboxylic acids is 2. The predicted molar refractivity (Wildman–Crippen MR) is 94.9 cm³/mol. The van der Waals surface area contributed by atoms with Crippen molar-refractivity contribution in [3.05, 3.63) is 41.7 Å². The molecule has 1 aliphatic rings. The van der Waals surface area contributed by atoms with Gasteiger partial charge in [0, 0.05) is 37.8 Å². The van der Waals surface area contributed by atoms with Gasteiger partial charge in [0.1, 0.15) is 5.15 Å². The van der Waals surface area contributed by atoms with E-state index in [9.17, 15) is 9.59 Å². The van der Waals surface area contributed by atoms with Crippen LogP contribution in [0.25, 0.3) is 0 Å². The van der Waals surface area contributed by atoms with Crippen LogP contribution in [0.5, 0.6) is 0 Å². The Balaban J connectivity index is 1.97. The van der Waals surface area contributed by atoms with E-state index < -0.39 is 0 Å². The van der Waals surface area contributed by atoms with Crippen molar-refractivity contribution < 1.29 is 9.59 Å². The third-order valence-corrected chi connectivity index (χ3v) is 4.77. The molecule has 2 atom stereocenters. The van der Waals surface area contributed by atoms with Gasteiger partial charge in [0.15, 0.2) is 0 Å². The molecule has 24 heavy (non-hydrogen) atoms. The lowest BCUT2D eigenvalue weighted by atomic mass is 9.81. The van der Waals surface area contributed by atoms with Crippen molar-refractivity contribution in [1.29, 1.82) is 0 Å². The summed E-state index contributed by atoms with van der Waals surface area (Å²) in [6.07, 6.45) is 5.51. The fraction of sp³-hybridized carbons (Fsp3) is 0.500. The van der Waals surface area contributed by atoms with E-state index in [-0.39, 0.29) is 11.8 Å². The van der Waals surface area contributed by atoms with E-state index in [2.05, 4.69) is 23.8 Å². The second-order valence-electron chi connectivity index (χ2n) is 6.13. The van der Waals surface area contributed by atoms with E-state index in [4.69, 9.17) is 11.6 Å². The number of halogens is 1. The van der Waals surface area contributed by atoms with Crippen LogP contribution in [0.4, 0.5) is 0 Å². The van der Waals surface area contributed by atoms with Gasteiger partial charge in [0.25, 0.3) is 5.91 Å². The molecule has 6 heteroatoms. The lowest BCUT2D eigenvalue weighted by Gasteiger charge is -2.38. The summed E-state index contributed by atoms with van der Waals surface area (Å²) in [5.74, 6) is 0.672. The van der Waals surface area contributed by atoms with Gasteiger partial charge in [-0.3, -0.25) is 9.59 Å². The molecule has 130 valence electrons. The van der Waals surface area contributed by atoms with Crippen LogP contribution in [0.2, 0.25) is 5.15 Å². The number of amides is 2. The highest BCUT2D eigenvalue weighted by molar-refractivity contribution is 6.29. The summed E-state index contributed by atoms with van der Waals surface area (Å²) in [5, 5.41) is 3.15. The molecule has 1 N–H and O–H groups in total. The molecule has 0 unspecified atom stereocenters. The third-order valence-electron chi connectivity index (χ3n) is 4.57. The molecular formula is C18H24ClN3O2. The Bertz CT molecular complexity index is 606. The average Bonchev–Trinajstić information content (AvgIpc) is 2.59. The first kappa shape index (κ1) is 18.5.